The van der Waals surface area contributed by atoms with Crippen LogP contribution in [0.15, 0.2) is 30.3 Å². The van der Waals surface area contributed by atoms with E-state index in [-0.39, 0.29) is 13.2 Å². The summed E-state index contributed by atoms with van der Waals surface area (Å²) in [4.78, 5) is 3.64. The third kappa shape index (κ3) is 4.16. The van der Waals surface area contributed by atoms with Crippen molar-refractivity contribution in [2.75, 3.05) is 49.6 Å². The molecule has 0 amide bonds. The first-order valence-electron chi connectivity index (χ1n) is 11.6. The lowest BCUT2D eigenvalue weighted by Gasteiger charge is -2.48. The Bertz CT molecular complexity index is 1330. The van der Waals surface area contributed by atoms with Gasteiger partial charge in [-0.15, -0.1) is 5.10 Å². The summed E-state index contributed by atoms with van der Waals surface area (Å²) in [5, 5.41) is 21.7. The highest BCUT2D eigenvalue weighted by atomic mass is 19.1. The summed E-state index contributed by atoms with van der Waals surface area (Å²) in [5.74, 6) is -1.75. The third-order valence-corrected chi connectivity index (χ3v) is 6.95. The van der Waals surface area contributed by atoms with Crippen molar-refractivity contribution in [1.82, 2.24) is 15.1 Å². The molecular weight excluding hydrogens is 452 g/mol. The van der Waals surface area contributed by atoms with Crippen molar-refractivity contribution in [3.05, 3.63) is 58.5 Å². The van der Waals surface area contributed by atoms with E-state index in [1.165, 1.54) is 6.07 Å². The molecule has 8 nitrogen and oxygen atoms in total. The first-order valence-corrected chi connectivity index (χ1v) is 11.6. The maximum Gasteiger partial charge on any atom is 0.205 e. The minimum atomic E-state index is -1.61. The quantitative estimate of drug-likeness (QED) is 0.435. The molecule has 0 aliphatic carbocycles. The second-order valence-electron chi connectivity index (χ2n) is 9.12. The van der Waals surface area contributed by atoms with Gasteiger partial charge in [-0.25, -0.2) is 8.78 Å². The predicted octanol–water partition coefficient (Wildman–Crippen LogP) is 3.14. The van der Waals surface area contributed by atoms with Gasteiger partial charge in [0.1, 0.15) is 12.0 Å². The van der Waals surface area contributed by atoms with E-state index in [9.17, 15) is 5.26 Å². The smallest absolute Gasteiger partial charge is 0.205 e. The van der Waals surface area contributed by atoms with E-state index in [0.717, 1.165) is 11.1 Å². The van der Waals surface area contributed by atoms with E-state index >= 15 is 8.78 Å². The van der Waals surface area contributed by atoms with Crippen molar-refractivity contribution < 1.29 is 13.5 Å². The lowest BCUT2D eigenvalue weighted by molar-refractivity contribution is -0.143. The maximum absolute atomic E-state index is 15.6. The summed E-state index contributed by atoms with van der Waals surface area (Å²) in [6, 6.07) is 10.7. The van der Waals surface area contributed by atoms with Gasteiger partial charge in [0.2, 0.25) is 5.79 Å². The van der Waals surface area contributed by atoms with Gasteiger partial charge >= 0.3 is 0 Å². The number of benzene rings is 2. The van der Waals surface area contributed by atoms with Crippen LogP contribution in [0.5, 0.6) is 0 Å². The first-order chi connectivity index (χ1) is 16.8. The molecule has 2 atom stereocenters. The molecule has 0 unspecified atom stereocenters. The predicted molar refractivity (Wildman–Crippen MR) is 129 cm³/mol. The minimum absolute atomic E-state index is 0.00703. The molecular formula is C25H27F2N7O. The van der Waals surface area contributed by atoms with Gasteiger partial charge in [0.25, 0.3) is 0 Å². The molecule has 2 aromatic carbocycles. The zero-order chi connectivity index (χ0) is 24.7. The van der Waals surface area contributed by atoms with Crippen molar-refractivity contribution in [2.45, 2.75) is 25.8 Å². The van der Waals surface area contributed by atoms with Crippen molar-refractivity contribution in [3.8, 4) is 6.07 Å². The molecule has 1 aromatic heterocycles. The van der Waals surface area contributed by atoms with Gasteiger partial charge in [0.15, 0.2) is 5.82 Å². The summed E-state index contributed by atoms with van der Waals surface area (Å²) in [5.41, 5.74) is 9.44. The van der Waals surface area contributed by atoms with Crippen LogP contribution in [0.25, 0.3) is 10.8 Å². The molecule has 2 aliphatic heterocycles. The number of nitrogens with zero attached hydrogens (tertiary/aromatic N) is 5. The fraction of sp³-hybridized carbons (Fsp3) is 0.400. The molecule has 2 saturated heterocycles. The summed E-state index contributed by atoms with van der Waals surface area (Å²) in [6.45, 7) is 5.74. The molecule has 10 heteroatoms. The van der Waals surface area contributed by atoms with Gasteiger partial charge in [-0.2, -0.15) is 10.4 Å². The average Bonchev–Trinajstić information content (AvgIpc) is 2.84. The van der Waals surface area contributed by atoms with Crippen molar-refractivity contribution in [2.24, 2.45) is 5.73 Å². The fourth-order valence-electron chi connectivity index (χ4n) is 4.99. The molecule has 3 heterocycles. The third-order valence-electron chi connectivity index (χ3n) is 6.95. The molecule has 5 rings (SSSR count). The molecule has 0 radical (unpaired) electrons. The van der Waals surface area contributed by atoms with Crippen LogP contribution in [0.1, 0.15) is 28.6 Å². The Morgan fingerprint density at radius 2 is 2.06 bits per heavy atom. The fourth-order valence-corrected chi connectivity index (χ4v) is 4.99. The van der Waals surface area contributed by atoms with Crippen LogP contribution in [-0.2, 0) is 4.74 Å². The van der Waals surface area contributed by atoms with E-state index in [1.807, 2.05) is 17.9 Å². The Kier molecular flexibility index (Phi) is 6.01. The van der Waals surface area contributed by atoms with Crippen molar-refractivity contribution >= 4 is 22.3 Å². The van der Waals surface area contributed by atoms with Crippen LogP contribution in [0.4, 0.5) is 20.3 Å². The summed E-state index contributed by atoms with van der Waals surface area (Å²) in [7, 11) is 0. The number of nitrogens with one attached hydrogen (secondary N) is 1. The maximum atomic E-state index is 15.6. The summed E-state index contributed by atoms with van der Waals surface area (Å²) >= 11 is 0. The van der Waals surface area contributed by atoms with Gasteiger partial charge in [0.05, 0.1) is 37.1 Å². The molecule has 0 bridgehead atoms. The average molecular weight is 480 g/mol. The highest BCUT2D eigenvalue weighted by Gasteiger charge is 2.44. The Labute approximate surface area is 202 Å². The van der Waals surface area contributed by atoms with Crippen LogP contribution in [0.3, 0.4) is 0 Å². The van der Waals surface area contributed by atoms with Gasteiger partial charge in [-0.1, -0.05) is 12.1 Å². The molecule has 3 N–H and O–H groups in total. The summed E-state index contributed by atoms with van der Waals surface area (Å²) < 4.78 is 36.3. The number of piperazine rings is 1. The highest BCUT2D eigenvalue weighted by Crippen LogP contribution is 2.35. The van der Waals surface area contributed by atoms with Gasteiger partial charge in [-0.3, -0.25) is 4.90 Å². The number of hydrogen-bond donors (Lipinski definition) is 2. The Morgan fingerprint density at radius 1 is 1.23 bits per heavy atom. The van der Waals surface area contributed by atoms with Crippen LogP contribution in [0.2, 0.25) is 0 Å². The second-order valence-corrected chi connectivity index (χ2v) is 9.12. The van der Waals surface area contributed by atoms with Crippen LogP contribution in [0, 0.1) is 31.0 Å². The SMILES string of the molecule is Cc1c(C#N)cccc1[C@@H](N)Nc1nnc(C)c2c(F)cc(N3CCN4CCOC[C@]4(F)C3)cc12. The highest BCUT2D eigenvalue weighted by molar-refractivity contribution is 5.96. The molecule has 0 saturated carbocycles. The minimum Gasteiger partial charge on any atom is -0.375 e. The number of halogens is 2. The number of rotatable bonds is 4. The molecule has 0 spiro atoms. The van der Waals surface area contributed by atoms with E-state index < -0.39 is 17.8 Å². The van der Waals surface area contributed by atoms with Gasteiger partial charge in [-0.05, 0) is 43.2 Å². The largest absolute Gasteiger partial charge is 0.375 e. The first kappa shape index (κ1) is 23.4. The van der Waals surface area contributed by atoms with Crippen LogP contribution >= 0.6 is 0 Å². The Morgan fingerprint density at radius 3 is 2.86 bits per heavy atom. The number of hydrogen-bond acceptors (Lipinski definition) is 8. The van der Waals surface area contributed by atoms with E-state index in [1.54, 1.807) is 30.0 Å². The van der Waals surface area contributed by atoms with Crippen LogP contribution < -0.4 is 16.0 Å². The molecule has 2 fully saturated rings. The lowest BCUT2D eigenvalue weighted by Crippen LogP contribution is -2.65. The number of nitrogens with two attached hydrogens (primary N) is 1. The monoisotopic (exact) mass is 479 g/mol. The van der Waals surface area contributed by atoms with Gasteiger partial charge in [0, 0.05) is 36.1 Å². The van der Waals surface area contributed by atoms with E-state index in [2.05, 4.69) is 21.6 Å². The number of fused-ring (bicyclic) bond motifs is 2. The second kappa shape index (κ2) is 9.00. The van der Waals surface area contributed by atoms with Crippen molar-refractivity contribution in [3.63, 3.8) is 0 Å². The molecule has 3 aromatic rings. The zero-order valence-electron chi connectivity index (χ0n) is 19.7. The molecule has 35 heavy (non-hydrogen) atoms. The number of ether oxygens (including phenoxy) is 1. The number of anilines is 2. The van der Waals surface area contributed by atoms with Crippen LogP contribution in [-0.4, -0.2) is 60.3 Å². The number of nitriles is 1. The Hall–Kier alpha value is -3.39. The number of alkyl halides is 1. The Balaban J connectivity index is 1.51. The number of morpholine rings is 1. The lowest BCUT2D eigenvalue weighted by atomic mass is 10.0. The van der Waals surface area contributed by atoms with Crippen molar-refractivity contribution in [1.29, 1.82) is 5.26 Å². The summed E-state index contributed by atoms with van der Waals surface area (Å²) in [6.07, 6.45) is -0.702. The van der Waals surface area contributed by atoms with E-state index in [4.69, 9.17) is 10.5 Å². The van der Waals surface area contributed by atoms with Gasteiger partial charge < -0.3 is 20.7 Å². The standard InChI is InChI=1S/C25H27F2N7O/c1-15-17(12-28)4-3-5-19(15)23(29)30-24-20-10-18(11-21(26)22(20)16(2)31-32-24)33-6-7-34-8-9-35-14-25(34,27)13-33/h3-5,10-11,23H,6-9,13-14,29H2,1-2H3,(H,30,32)/t23-,25-/m0/s1. The molecule has 182 valence electrons. The number of aryl methyl sites for hydroxylation is 1. The number of aromatic nitrogens is 2. The topological polar surface area (TPSA) is 103 Å². The zero-order valence-corrected chi connectivity index (χ0v) is 19.7. The van der Waals surface area contributed by atoms with E-state index in [0.29, 0.717) is 59.8 Å². The normalized spacial score (nSPS) is 21.4. The molecule has 2 aliphatic rings.